The summed E-state index contributed by atoms with van der Waals surface area (Å²) in [5.41, 5.74) is -1.95. The first-order chi connectivity index (χ1) is 24.8. The molecule has 16 nitrogen and oxygen atoms in total. The van der Waals surface area contributed by atoms with Crippen LogP contribution in [-0.2, 0) is 55.0 Å². The van der Waals surface area contributed by atoms with Gasteiger partial charge in [-0.3, -0.25) is 24.8 Å². The number of ether oxygens (including phenoxy) is 6. The second-order valence-electron chi connectivity index (χ2n) is 10.7. The lowest BCUT2D eigenvalue weighted by Crippen LogP contribution is -2.47. The van der Waals surface area contributed by atoms with E-state index in [4.69, 9.17) is 33.3 Å². The van der Waals surface area contributed by atoms with E-state index in [-0.39, 0.29) is 29.6 Å². The standard InChI is InChI=1S/C12H19F3N4O4.C12H10F3N3O2.C7H16O3/c1-7(10(21-3)22-4)19(23-5)11(20)16-9-6-8(12(13,14)15)18(2)17-9;1-18-9(12(13,14)15)7-10(17-18)16-11(19)20-8-5-3-2-4-6-8;1-6(5-8-2)7(9-3)10-4/h6-7,10H,1-5H3,(H,16,17,20);2-7H,1H3,(H,16,17,19);6-7H,5H2,1-4H3. The highest BCUT2D eigenvalue weighted by atomic mass is 19.4. The number of aromatic nitrogens is 4. The van der Waals surface area contributed by atoms with Crippen molar-refractivity contribution in [3.63, 3.8) is 0 Å². The molecule has 0 spiro atoms. The van der Waals surface area contributed by atoms with E-state index in [0.29, 0.717) is 16.0 Å². The fraction of sp³-hybridized carbons (Fsp3) is 0.548. The quantitative estimate of drug-likeness (QED) is 0.123. The number of urea groups is 1. The van der Waals surface area contributed by atoms with E-state index in [9.17, 15) is 35.9 Å². The highest BCUT2D eigenvalue weighted by Gasteiger charge is 2.36. The average Bonchev–Trinajstić information content (AvgIpc) is 3.65. The second-order valence-corrected chi connectivity index (χ2v) is 10.7. The van der Waals surface area contributed by atoms with Crippen LogP contribution < -0.4 is 15.4 Å². The smallest absolute Gasteiger partial charge is 0.410 e. The molecule has 0 radical (unpaired) electrons. The van der Waals surface area contributed by atoms with Gasteiger partial charge in [0.05, 0.1) is 13.7 Å². The molecule has 0 aliphatic rings. The van der Waals surface area contributed by atoms with Crippen molar-refractivity contribution < 1.29 is 69.2 Å². The summed E-state index contributed by atoms with van der Waals surface area (Å²) in [6.45, 7) is 4.26. The number of nitrogens with zero attached hydrogens (tertiary/aromatic N) is 5. The molecular formula is C31H45F6N7O9. The van der Waals surface area contributed by atoms with Crippen molar-refractivity contribution in [2.45, 2.75) is 44.8 Å². The summed E-state index contributed by atoms with van der Waals surface area (Å²) in [6, 6.07) is 8.10. The van der Waals surface area contributed by atoms with Crippen LogP contribution in [-0.4, -0.2) is 105 Å². The molecule has 3 aromatic rings. The zero-order valence-corrected chi connectivity index (χ0v) is 30.7. The fourth-order valence-electron chi connectivity index (χ4n) is 4.41. The summed E-state index contributed by atoms with van der Waals surface area (Å²) in [5.74, 6) is 0.0585. The maximum Gasteiger partial charge on any atom is 0.433 e. The number of amides is 3. The van der Waals surface area contributed by atoms with Crippen LogP contribution >= 0.6 is 0 Å². The van der Waals surface area contributed by atoms with Crippen molar-refractivity contribution >= 4 is 23.8 Å². The molecule has 3 amide bonds. The van der Waals surface area contributed by atoms with E-state index >= 15 is 0 Å². The number of methoxy groups -OCH3 is 5. The molecule has 0 bridgehead atoms. The Morgan fingerprint density at radius 3 is 1.58 bits per heavy atom. The van der Waals surface area contributed by atoms with Crippen LogP contribution in [0.1, 0.15) is 25.2 Å². The van der Waals surface area contributed by atoms with E-state index in [0.717, 1.165) is 31.3 Å². The molecule has 2 aromatic heterocycles. The van der Waals surface area contributed by atoms with Gasteiger partial charge >= 0.3 is 24.5 Å². The molecule has 53 heavy (non-hydrogen) atoms. The molecule has 2 heterocycles. The van der Waals surface area contributed by atoms with Gasteiger partial charge in [0.2, 0.25) is 0 Å². The first-order valence-corrected chi connectivity index (χ1v) is 15.3. The van der Waals surface area contributed by atoms with Crippen LogP contribution in [0.2, 0.25) is 0 Å². The van der Waals surface area contributed by atoms with E-state index < -0.39 is 48.2 Å². The van der Waals surface area contributed by atoms with Gasteiger partial charge in [-0.25, -0.2) is 9.59 Å². The first kappa shape index (κ1) is 46.5. The van der Waals surface area contributed by atoms with Gasteiger partial charge in [-0.05, 0) is 19.1 Å². The molecular weight excluding hydrogens is 728 g/mol. The molecule has 3 rings (SSSR count). The Morgan fingerprint density at radius 1 is 0.755 bits per heavy atom. The number of halogens is 6. The number of aryl methyl sites for hydroxylation is 2. The Morgan fingerprint density at radius 2 is 1.21 bits per heavy atom. The summed E-state index contributed by atoms with van der Waals surface area (Å²) in [7, 11) is 11.2. The number of hydroxylamine groups is 2. The third-order valence-corrected chi connectivity index (χ3v) is 6.74. The summed E-state index contributed by atoms with van der Waals surface area (Å²) >= 11 is 0. The van der Waals surface area contributed by atoms with Crippen molar-refractivity contribution in [2.75, 3.05) is 59.9 Å². The third kappa shape index (κ3) is 15.2. The van der Waals surface area contributed by atoms with Crippen molar-refractivity contribution in [1.29, 1.82) is 0 Å². The van der Waals surface area contributed by atoms with Crippen LogP contribution in [0.25, 0.3) is 0 Å². The van der Waals surface area contributed by atoms with E-state index in [1.54, 1.807) is 58.6 Å². The molecule has 2 N–H and O–H groups in total. The normalized spacial score (nSPS) is 12.6. The number of benzene rings is 1. The topological polar surface area (TPSA) is 162 Å². The maximum atomic E-state index is 12.7. The van der Waals surface area contributed by atoms with Crippen LogP contribution in [0.5, 0.6) is 5.75 Å². The number of hydrogen-bond acceptors (Lipinski definition) is 11. The summed E-state index contributed by atoms with van der Waals surface area (Å²) < 4.78 is 107. The third-order valence-electron chi connectivity index (χ3n) is 6.74. The Hall–Kier alpha value is -4.48. The van der Waals surface area contributed by atoms with Crippen molar-refractivity contribution in [3.8, 4) is 5.75 Å². The average molecular weight is 774 g/mol. The van der Waals surface area contributed by atoms with Crippen LogP contribution in [0, 0.1) is 5.92 Å². The predicted octanol–water partition coefficient (Wildman–Crippen LogP) is 5.78. The minimum atomic E-state index is -4.57. The lowest BCUT2D eigenvalue weighted by Gasteiger charge is -2.30. The zero-order chi connectivity index (χ0) is 40.5. The summed E-state index contributed by atoms with van der Waals surface area (Å²) in [6.07, 6.45) is -11.0. The van der Waals surface area contributed by atoms with E-state index in [1.807, 2.05) is 6.92 Å². The van der Waals surface area contributed by atoms with Gasteiger partial charge in [0.15, 0.2) is 24.2 Å². The van der Waals surface area contributed by atoms with Crippen molar-refractivity contribution in [2.24, 2.45) is 20.0 Å². The van der Waals surface area contributed by atoms with E-state index in [1.165, 1.54) is 21.3 Å². The van der Waals surface area contributed by atoms with Gasteiger partial charge in [0.25, 0.3) is 0 Å². The molecule has 1 aromatic carbocycles. The van der Waals surface area contributed by atoms with Gasteiger partial charge in [0.1, 0.15) is 23.2 Å². The monoisotopic (exact) mass is 773 g/mol. The largest absolute Gasteiger partial charge is 0.433 e. The van der Waals surface area contributed by atoms with Gasteiger partial charge < -0.3 is 28.4 Å². The molecule has 0 saturated carbocycles. The molecule has 0 aliphatic carbocycles. The maximum absolute atomic E-state index is 12.7. The van der Waals surface area contributed by atoms with Gasteiger partial charge in [-0.2, -0.15) is 41.6 Å². The van der Waals surface area contributed by atoms with E-state index in [2.05, 4.69) is 20.8 Å². The Bertz CT molecular complexity index is 1520. The lowest BCUT2D eigenvalue weighted by atomic mass is 10.2. The molecule has 0 fully saturated rings. The highest BCUT2D eigenvalue weighted by molar-refractivity contribution is 5.88. The Balaban J connectivity index is 0.000000427. The highest BCUT2D eigenvalue weighted by Crippen LogP contribution is 2.31. The lowest BCUT2D eigenvalue weighted by molar-refractivity contribution is -0.201. The predicted molar refractivity (Wildman–Crippen MR) is 176 cm³/mol. The Labute approximate surface area is 302 Å². The molecule has 2 atom stereocenters. The fourth-order valence-corrected chi connectivity index (χ4v) is 4.41. The molecule has 22 heteroatoms. The number of nitrogens with one attached hydrogen (secondary N) is 2. The summed E-state index contributed by atoms with van der Waals surface area (Å²) in [4.78, 5) is 28.6. The van der Waals surface area contributed by atoms with Crippen LogP contribution in [0.15, 0.2) is 42.5 Å². The van der Waals surface area contributed by atoms with Gasteiger partial charge in [-0.15, -0.1) is 0 Å². The summed E-state index contributed by atoms with van der Waals surface area (Å²) in [5, 5.41) is 12.4. The second kappa shape index (κ2) is 21.9. The van der Waals surface area contributed by atoms with Crippen molar-refractivity contribution in [1.82, 2.24) is 24.6 Å². The van der Waals surface area contributed by atoms with Crippen molar-refractivity contribution in [3.05, 3.63) is 53.9 Å². The number of rotatable bonds is 13. The van der Waals surface area contributed by atoms with Gasteiger partial charge in [-0.1, -0.05) is 25.1 Å². The number of anilines is 2. The number of carbonyl (C=O) groups is 2. The molecule has 0 aliphatic heterocycles. The molecule has 2 unspecified atom stereocenters. The van der Waals surface area contributed by atoms with Gasteiger partial charge in [0, 0.05) is 67.7 Å². The molecule has 300 valence electrons. The Kier molecular flexibility index (Phi) is 19.2. The minimum absolute atomic E-state index is 0.153. The number of alkyl halides is 6. The number of carbonyl (C=O) groups excluding carboxylic acids is 2. The zero-order valence-electron chi connectivity index (χ0n) is 30.7. The SMILES string of the molecule is COC(OC)C(C)N(OC)C(=O)Nc1cc(C(F)(F)F)n(C)n1.COCC(C)C(OC)OC.Cn1nc(NC(=O)Oc2ccccc2)cc1C(F)(F)F. The minimum Gasteiger partial charge on any atom is -0.410 e. The first-order valence-electron chi connectivity index (χ1n) is 15.3. The van der Waals surface area contributed by atoms with Crippen LogP contribution in [0.4, 0.5) is 47.6 Å². The molecule has 0 saturated heterocycles. The number of hydrogen-bond donors (Lipinski definition) is 2. The number of para-hydroxylation sites is 1. The van der Waals surface area contributed by atoms with Crippen LogP contribution in [0.3, 0.4) is 0 Å².